The van der Waals surface area contributed by atoms with Crippen LogP contribution in [-0.4, -0.2) is 28.5 Å². The first-order valence-corrected chi connectivity index (χ1v) is 10.2. The number of hydrogen-bond donors (Lipinski definition) is 2. The van der Waals surface area contributed by atoms with Gasteiger partial charge in [0.25, 0.3) is 5.69 Å². The van der Waals surface area contributed by atoms with Crippen LogP contribution >= 0.6 is 11.8 Å². The Bertz CT molecular complexity index is 1160. The lowest BCUT2D eigenvalue weighted by atomic mass is 10.1. The smallest absolute Gasteiger partial charge is 0.442 e. The molecule has 0 saturated carbocycles. The Kier molecular flexibility index (Phi) is 6.75. The van der Waals surface area contributed by atoms with E-state index in [0.717, 1.165) is 11.8 Å². The molecule has 3 rings (SSSR count). The number of thioether (sulfide) groups is 1. The summed E-state index contributed by atoms with van der Waals surface area (Å²) >= 11 is 1.07. The van der Waals surface area contributed by atoms with Crippen molar-refractivity contribution in [2.45, 2.75) is 30.5 Å². The summed E-state index contributed by atoms with van der Waals surface area (Å²) in [4.78, 5) is 35.5. The molecule has 1 amide bonds. The summed E-state index contributed by atoms with van der Waals surface area (Å²) < 4.78 is 11.5. The summed E-state index contributed by atoms with van der Waals surface area (Å²) in [7, 11) is 1.56. The molecule has 0 bridgehead atoms. The Balaban J connectivity index is 1.81. The van der Waals surface area contributed by atoms with Crippen LogP contribution in [0.25, 0.3) is 5.69 Å². The maximum atomic E-state index is 12.8. The van der Waals surface area contributed by atoms with Gasteiger partial charge in [-0.2, -0.15) is 0 Å². The first-order chi connectivity index (χ1) is 14.8. The van der Waals surface area contributed by atoms with E-state index in [2.05, 4.69) is 10.6 Å². The highest BCUT2D eigenvalue weighted by atomic mass is 32.2. The number of carbonyl (C=O) groups excluding carboxylic acids is 1. The molecule has 0 spiro atoms. The highest BCUT2D eigenvalue weighted by Crippen LogP contribution is 2.25. The Morgan fingerprint density at radius 2 is 2.03 bits per heavy atom. The van der Waals surface area contributed by atoms with Crippen molar-refractivity contribution in [3.8, 4) is 11.4 Å². The minimum absolute atomic E-state index is 0.0534. The number of aryl methyl sites for hydroxylation is 1. The minimum Gasteiger partial charge on any atom is -0.497 e. The number of aromatic nitrogens is 2. The number of nitro groups is 1. The zero-order chi connectivity index (χ0) is 22.5. The molecule has 11 heteroatoms. The summed E-state index contributed by atoms with van der Waals surface area (Å²) in [5.74, 6) is 0.333. The molecule has 2 N–H and O–H groups in total. The molecular formula is C20H21N4O6S+. The van der Waals surface area contributed by atoms with E-state index in [1.165, 1.54) is 22.9 Å². The Morgan fingerprint density at radius 1 is 1.32 bits per heavy atom. The first-order valence-electron chi connectivity index (χ1n) is 9.34. The van der Waals surface area contributed by atoms with Gasteiger partial charge in [0.1, 0.15) is 5.75 Å². The number of hydrogen-bond acceptors (Lipinski definition) is 7. The van der Waals surface area contributed by atoms with Crippen LogP contribution in [0, 0.1) is 17.0 Å². The van der Waals surface area contributed by atoms with E-state index >= 15 is 0 Å². The van der Waals surface area contributed by atoms with E-state index in [1.807, 2.05) is 6.92 Å². The number of carbonyl (C=O) groups is 1. The Hall–Kier alpha value is -3.60. The number of amides is 1. The lowest BCUT2D eigenvalue weighted by Crippen LogP contribution is -2.37. The number of anilines is 1. The molecule has 31 heavy (non-hydrogen) atoms. The third-order valence-corrected chi connectivity index (χ3v) is 5.94. The van der Waals surface area contributed by atoms with E-state index in [-0.39, 0.29) is 16.6 Å². The predicted octanol–water partition coefficient (Wildman–Crippen LogP) is 2.98. The number of nitro benzene ring substituents is 1. The fourth-order valence-electron chi connectivity index (χ4n) is 2.84. The second-order valence-corrected chi connectivity index (χ2v) is 7.77. The lowest BCUT2D eigenvalue weighted by Gasteiger charge is -2.13. The third kappa shape index (κ3) is 4.94. The zero-order valence-electron chi connectivity index (χ0n) is 17.1. The van der Waals surface area contributed by atoms with Crippen LogP contribution in [0.4, 0.5) is 11.4 Å². The molecule has 1 unspecified atom stereocenters. The van der Waals surface area contributed by atoms with Gasteiger partial charge in [0.05, 0.1) is 17.3 Å². The third-order valence-electron chi connectivity index (χ3n) is 4.53. The van der Waals surface area contributed by atoms with Gasteiger partial charge in [0, 0.05) is 30.0 Å². The molecule has 0 saturated heterocycles. The minimum atomic E-state index is -0.599. The van der Waals surface area contributed by atoms with Crippen molar-refractivity contribution >= 4 is 29.0 Å². The average Bonchev–Trinajstić information content (AvgIpc) is 3.13. The van der Waals surface area contributed by atoms with Crippen LogP contribution in [0.5, 0.6) is 5.75 Å². The molecule has 3 aromatic rings. The number of ether oxygens (including phenoxy) is 1. The van der Waals surface area contributed by atoms with Gasteiger partial charge < -0.3 is 10.1 Å². The van der Waals surface area contributed by atoms with Gasteiger partial charge >= 0.3 is 10.7 Å². The highest BCUT2D eigenvalue weighted by molar-refractivity contribution is 8.00. The molecule has 0 aliphatic rings. The van der Waals surface area contributed by atoms with E-state index in [0.29, 0.717) is 29.1 Å². The molecule has 0 aliphatic heterocycles. The van der Waals surface area contributed by atoms with Crippen molar-refractivity contribution in [3.63, 3.8) is 0 Å². The normalized spacial score (nSPS) is 11.7. The summed E-state index contributed by atoms with van der Waals surface area (Å²) in [6, 6.07) is 11.2. The van der Waals surface area contributed by atoms with Gasteiger partial charge in [-0.05, 0) is 58.8 Å². The van der Waals surface area contributed by atoms with Gasteiger partial charge in [-0.3, -0.25) is 19.4 Å². The quantitative estimate of drug-likeness (QED) is 0.236. The number of methoxy groups -OCH3 is 1. The van der Waals surface area contributed by atoms with E-state index in [4.69, 9.17) is 9.26 Å². The summed E-state index contributed by atoms with van der Waals surface area (Å²) in [6.45, 7) is 3.50. The van der Waals surface area contributed by atoms with Gasteiger partial charge in [-0.1, -0.05) is 6.92 Å². The highest BCUT2D eigenvalue weighted by Gasteiger charge is 2.30. The first kappa shape index (κ1) is 22.1. The predicted molar refractivity (Wildman–Crippen MR) is 114 cm³/mol. The topological polar surface area (TPSA) is 131 Å². The largest absolute Gasteiger partial charge is 0.497 e. The van der Waals surface area contributed by atoms with Crippen LogP contribution in [0.1, 0.15) is 18.9 Å². The van der Waals surface area contributed by atoms with Crippen LogP contribution in [0.3, 0.4) is 0 Å². The van der Waals surface area contributed by atoms with Crippen molar-refractivity contribution in [1.29, 1.82) is 0 Å². The zero-order valence-corrected chi connectivity index (χ0v) is 17.9. The fraction of sp³-hybridized carbons (Fsp3) is 0.250. The van der Waals surface area contributed by atoms with Gasteiger partial charge in [-0.15, -0.1) is 0 Å². The molecule has 0 aliphatic carbocycles. The summed E-state index contributed by atoms with van der Waals surface area (Å²) in [6.07, 6.45) is 0.440. The van der Waals surface area contributed by atoms with Crippen molar-refractivity contribution in [2.75, 3.05) is 12.4 Å². The summed E-state index contributed by atoms with van der Waals surface area (Å²) in [5, 5.41) is 15.8. The fourth-order valence-corrected chi connectivity index (χ4v) is 3.83. The number of nitrogens with zero attached hydrogens (tertiary/aromatic N) is 2. The molecule has 1 heterocycles. The van der Waals surface area contributed by atoms with Crippen LogP contribution in [-0.2, 0) is 4.79 Å². The molecule has 0 fully saturated rings. The van der Waals surface area contributed by atoms with Crippen LogP contribution in [0.15, 0.2) is 56.8 Å². The van der Waals surface area contributed by atoms with Crippen molar-refractivity contribution in [2.24, 2.45) is 0 Å². The molecule has 2 aromatic carbocycles. The molecule has 1 atom stereocenters. The van der Waals surface area contributed by atoms with E-state index < -0.39 is 15.8 Å². The number of non-ortho nitro benzene ring substituents is 1. The van der Waals surface area contributed by atoms with E-state index in [1.54, 1.807) is 38.3 Å². The average molecular weight is 445 g/mol. The molecule has 162 valence electrons. The Labute approximate surface area is 181 Å². The molecular weight excluding hydrogens is 424 g/mol. The van der Waals surface area contributed by atoms with Crippen LogP contribution in [0.2, 0.25) is 0 Å². The second-order valence-electron chi connectivity index (χ2n) is 6.58. The monoisotopic (exact) mass is 445 g/mol. The number of benzene rings is 2. The van der Waals surface area contributed by atoms with Gasteiger partial charge in [0.2, 0.25) is 11.6 Å². The van der Waals surface area contributed by atoms with Crippen LogP contribution < -0.4 is 20.4 Å². The second kappa shape index (κ2) is 9.47. The number of rotatable bonds is 8. The maximum Gasteiger partial charge on any atom is 0.442 e. The number of nitrogens with one attached hydrogen (secondary N) is 2. The van der Waals surface area contributed by atoms with Crippen molar-refractivity contribution in [1.82, 2.24) is 5.27 Å². The van der Waals surface area contributed by atoms with Gasteiger partial charge in [0.15, 0.2) is 0 Å². The number of H-pyrrole nitrogens is 1. The summed E-state index contributed by atoms with van der Waals surface area (Å²) in [5.41, 5.74) is 1.02. The SMILES string of the molecule is CCC(Sc1c(=O)o[nH][n+]1-c1ccc(OC)cc1)C(=O)Nc1ccc([N+](=O)[O-])cc1C. The Morgan fingerprint density at radius 3 is 2.61 bits per heavy atom. The van der Waals surface area contributed by atoms with E-state index in [9.17, 15) is 19.7 Å². The number of aromatic amines is 1. The lowest BCUT2D eigenvalue weighted by molar-refractivity contribution is -0.704. The van der Waals surface area contributed by atoms with Crippen molar-refractivity contribution in [3.05, 3.63) is 68.6 Å². The molecule has 0 radical (unpaired) electrons. The standard InChI is InChI=1S/C20H20N4O6S/c1-4-17(18(25)21-16-10-7-14(24(27)28)11-12(16)2)31-19-20(26)30-22-23(19)13-5-8-15(29-3)9-6-13/h5-11,17H,4H2,1-3H3,(H-,21,22,25,26)/p+1. The maximum absolute atomic E-state index is 12.8. The molecule has 1 aromatic heterocycles. The van der Waals surface area contributed by atoms with Gasteiger partial charge in [-0.25, -0.2) is 4.79 Å². The molecule has 10 nitrogen and oxygen atoms in total. The van der Waals surface area contributed by atoms with Crippen molar-refractivity contribution < 1.29 is 23.7 Å².